The van der Waals surface area contributed by atoms with E-state index in [1.165, 1.54) is 5.56 Å². The lowest BCUT2D eigenvalue weighted by Crippen LogP contribution is -2.02. The standard InChI is InChI=1S/C18H20O3S/c1-13(2)16-8-6-14(7-9-16)11-22(21)12-15-4-3-5-17(10-15)18(19)20/h3-10,13H,11-12H2,1-2H3,(H,19,20). The van der Waals surface area contributed by atoms with Crippen LogP contribution in [0.1, 0.15) is 46.8 Å². The highest BCUT2D eigenvalue weighted by Crippen LogP contribution is 2.16. The Bertz CT molecular complexity index is 675. The molecule has 2 aromatic rings. The van der Waals surface area contributed by atoms with E-state index >= 15 is 0 Å². The van der Waals surface area contributed by atoms with Crippen LogP contribution < -0.4 is 0 Å². The van der Waals surface area contributed by atoms with E-state index in [-0.39, 0.29) is 5.56 Å². The number of carboxylic acids is 1. The summed E-state index contributed by atoms with van der Waals surface area (Å²) in [6, 6.07) is 14.8. The lowest BCUT2D eigenvalue weighted by Gasteiger charge is -2.07. The highest BCUT2D eigenvalue weighted by molar-refractivity contribution is 7.83. The summed E-state index contributed by atoms with van der Waals surface area (Å²) in [4.78, 5) is 10.9. The van der Waals surface area contributed by atoms with Gasteiger partial charge in [-0.2, -0.15) is 0 Å². The minimum atomic E-state index is -1.05. The van der Waals surface area contributed by atoms with E-state index in [9.17, 15) is 9.00 Å². The van der Waals surface area contributed by atoms with Crippen LogP contribution in [0.15, 0.2) is 48.5 Å². The van der Waals surface area contributed by atoms with Gasteiger partial charge in [-0.3, -0.25) is 4.21 Å². The van der Waals surface area contributed by atoms with E-state index in [4.69, 9.17) is 5.11 Å². The molecule has 1 atom stereocenters. The van der Waals surface area contributed by atoms with Gasteiger partial charge in [0.05, 0.1) is 5.56 Å². The van der Waals surface area contributed by atoms with Crippen LogP contribution in [0.2, 0.25) is 0 Å². The predicted octanol–water partition coefficient (Wildman–Crippen LogP) is 3.96. The smallest absolute Gasteiger partial charge is 0.335 e. The number of rotatable bonds is 6. The molecular weight excluding hydrogens is 296 g/mol. The number of carboxylic acid groups (broad SMARTS) is 1. The van der Waals surface area contributed by atoms with E-state index in [2.05, 4.69) is 26.0 Å². The molecule has 0 radical (unpaired) electrons. The van der Waals surface area contributed by atoms with Crippen molar-refractivity contribution in [2.75, 3.05) is 0 Å². The maximum Gasteiger partial charge on any atom is 0.335 e. The molecule has 0 aliphatic rings. The minimum Gasteiger partial charge on any atom is -0.478 e. The molecule has 0 fully saturated rings. The molecule has 1 unspecified atom stereocenters. The first-order valence-corrected chi connectivity index (χ1v) is 8.70. The van der Waals surface area contributed by atoms with Gasteiger partial charge in [0.25, 0.3) is 0 Å². The van der Waals surface area contributed by atoms with Crippen molar-refractivity contribution in [3.8, 4) is 0 Å². The third-order valence-corrected chi connectivity index (χ3v) is 4.79. The first-order chi connectivity index (χ1) is 10.5. The molecule has 2 aromatic carbocycles. The van der Waals surface area contributed by atoms with Crippen molar-refractivity contribution in [1.29, 1.82) is 0 Å². The quantitative estimate of drug-likeness (QED) is 0.877. The van der Waals surface area contributed by atoms with Crippen LogP contribution in [-0.2, 0) is 22.3 Å². The highest BCUT2D eigenvalue weighted by Gasteiger charge is 2.07. The zero-order valence-corrected chi connectivity index (χ0v) is 13.6. The average Bonchev–Trinajstić information content (AvgIpc) is 2.47. The monoisotopic (exact) mass is 316 g/mol. The molecule has 0 amide bonds. The van der Waals surface area contributed by atoms with Gasteiger partial charge >= 0.3 is 5.97 Å². The second-order valence-electron chi connectivity index (χ2n) is 5.63. The molecule has 0 saturated carbocycles. The van der Waals surface area contributed by atoms with Gasteiger partial charge in [-0.25, -0.2) is 4.79 Å². The Kier molecular flexibility index (Phi) is 5.50. The zero-order chi connectivity index (χ0) is 16.1. The van der Waals surface area contributed by atoms with Gasteiger partial charge in [-0.15, -0.1) is 0 Å². The lowest BCUT2D eigenvalue weighted by atomic mass is 10.0. The Morgan fingerprint density at radius 2 is 1.68 bits per heavy atom. The molecule has 0 heterocycles. The first-order valence-electron chi connectivity index (χ1n) is 7.21. The Morgan fingerprint density at radius 1 is 1.05 bits per heavy atom. The number of hydrogen-bond donors (Lipinski definition) is 1. The fourth-order valence-corrected chi connectivity index (χ4v) is 3.43. The molecule has 0 spiro atoms. The summed E-state index contributed by atoms with van der Waals surface area (Å²) >= 11 is 0. The Morgan fingerprint density at radius 3 is 2.27 bits per heavy atom. The van der Waals surface area contributed by atoms with Crippen LogP contribution in [0.25, 0.3) is 0 Å². The maximum atomic E-state index is 12.2. The third kappa shape index (κ3) is 4.53. The molecule has 4 heteroatoms. The van der Waals surface area contributed by atoms with Crippen molar-refractivity contribution in [3.63, 3.8) is 0 Å². The molecule has 0 aromatic heterocycles. The van der Waals surface area contributed by atoms with Gasteiger partial charge < -0.3 is 5.11 Å². The highest BCUT2D eigenvalue weighted by atomic mass is 32.2. The molecule has 2 rings (SSSR count). The summed E-state index contributed by atoms with van der Waals surface area (Å²) in [6.07, 6.45) is 0. The van der Waals surface area contributed by atoms with E-state index in [0.29, 0.717) is 17.4 Å². The molecule has 1 N–H and O–H groups in total. The molecule has 0 bridgehead atoms. The Balaban J connectivity index is 2.00. The number of carbonyl (C=O) groups is 1. The topological polar surface area (TPSA) is 54.4 Å². The molecule has 0 aliphatic heterocycles. The average molecular weight is 316 g/mol. The summed E-state index contributed by atoms with van der Waals surface area (Å²) in [5.41, 5.74) is 3.33. The SMILES string of the molecule is CC(C)c1ccc(CS(=O)Cc2cccc(C(=O)O)c2)cc1. The minimum absolute atomic E-state index is 0.232. The van der Waals surface area contributed by atoms with Gasteiger partial charge in [-0.05, 0) is 34.7 Å². The summed E-state index contributed by atoms with van der Waals surface area (Å²) in [5, 5.41) is 8.97. The van der Waals surface area contributed by atoms with Crippen molar-refractivity contribution >= 4 is 16.8 Å². The maximum absolute atomic E-state index is 12.2. The van der Waals surface area contributed by atoms with Crippen LogP contribution >= 0.6 is 0 Å². The molecule has 0 saturated heterocycles. The zero-order valence-electron chi connectivity index (χ0n) is 12.8. The van der Waals surface area contributed by atoms with E-state index in [0.717, 1.165) is 11.1 Å². The number of aromatic carboxylic acids is 1. The first kappa shape index (κ1) is 16.4. The normalized spacial score (nSPS) is 12.3. The summed E-state index contributed by atoms with van der Waals surface area (Å²) in [5.74, 6) is 0.373. The summed E-state index contributed by atoms with van der Waals surface area (Å²) < 4.78 is 12.2. The summed E-state index contributed by atoms with van der Waals surface area (Å²) in [6.45, 7) is 4.28. The van der Waals surface area contributed by atoms with Crippen LogP contribution in [-0.4, -0.2) is 15.3 Å². The lowest BCUT2D eigenvalue weighted by molar-refractivity contribution is 0.0696. The van der Waals surface area contributed by atoms with Gasteiger partial charge in [0.1, 0.15) is 0 Å². The molecule has 0 aliphatic carbocycles. The van der Waals surface area contributed by atoms with E-state index < -0.39 is 16.8 Å². The van der Waals surface area contributed by atoms with Crippen LogP contribution in [0.3, 0.4) is 0 Å². The molecule has 116 valence electrons. The van der Waals surface area contributed by atoms with Crippen molar-refractivity contribution in [2.24, 2.45) is 0 Å². The van der Waals surface area contributed by atoms with Gasteiger partial charge in [0, 0.05) is 22.3 Å². The molecular formula is C18H20O3S. The van der Waals surface area contributed by atoms with E-state index in [1.807, 2.05) is 18.2 Å². The second kappa shape index (κ2) is 7.36. The van der Waals surface area contributed by atoms with Crippen molar-refractivity contribution in [2.45, 2.75) is 31.3 Å². The molecule has 22 heavy (non-hydrogen) atoms. The largest absolute Gasteiger partial charge is 0.478 e. The Labute approximate surface area is 133 Å². The van der Waals surface area contributed by atoms with Crippen molar-refractivity contribution in [3.05, 3.63) is 70.8 Å². The molecule has 3 nitrogen and oxygen atoms in total. The van der Waals surface area contributed by atoms with Crippen LogP contribution in [0.5, 0.6) is 0 Å². The van der Waals surface area contributed by atoms with E-state index in [1.54, 1.807) is 18.2 Å². The van der Waals surface area contributed by atoms with Gasteiger partial charge in [-0.1, -0.05) is 50.2 Å². The number of hydrogen-bond acceptors (Lipinski definition) is 2. The number of benzene rings is 2. The van der Waals surface area contributed by atoms with Crippen molar-refractivity contribution < 1.29 is 14.1 Å². The third-order valence-electron chi connectivity index (χ3n) is 3.48. The fourth-order valence-electron chi connectivity index (χ4n) is 2.22. The fraction of sp³-hybridized carbons (Fsp3) is 0.278. The van der Waals surface area contributed by atoms with Gasteiger partial charge in [0.15, 0.2) is 0 Å². The van der Waals surface area contributed by atoms with Crippen LogP contribution in [0.4, 0.5) is 0 Å². The Hall–Kier alpha value is -1.94. The predicted molar refractivity (Wildman–Crippen MR) is 89.5 cm³/mol. The second-order valence-corrected chi connectivity index (χ2v) is 7.09. The van der Waals surface area contributed by atoms with Crippen molar-refractivity contribution in [1.82, 2.24) is 0 Å². The summed E-state index contributed by atoms with van der Waals surface area (Å²) in [7, 11) is -1.05. The van der Waals surface area contributed by atoms with Gasteiger partial charge in [0.2, 0.25) is 0 Å². The van der Waals surface area contributed by atoms with Crippen LogP contribution in [0, 0.1) is 0 Å².